The van der Waals surface area contributed by atoms with Crippen LogP contribution in [0.2, 0.25) is 0 Å². The fourth-order valence-electron chi connectivity index (χ4n) is 6.03. The summed E-state index contributed by atoms with van der Waals surface area (Å²) >= 11 is 0. The molecule has 34 heavy (non-hydrogen) atoms. The zero-order chi connectivity index (χ0) is 23.4. The molecule has 1 aromatic heterocycles. The normalized spacial score (nSPS) is 23.9. The molecule has 1 atom stereocenters. The Morgan fingerprint density at radius 1 is 1.15 bits per heavy atom. The average Bonchev–Trinajstić information content (AvgIpc) is 3.22. The molecule has 4 heterocycles. The van der Waals surface area contributed by atoms with E-state index >= 15 is 0 Å². The summed E-state index contributed by atoms with van der Waals surface area (Å²) in [6, 6.07) is 10.8. The molecule has 6 rings (SSSR count). The van der Waals surface area contributed by atoms with Crippen molar-refractivity contribution in [3.63, 3.8) is 0 Å². The van der Waals surface area contributed by atoms with Gasteiger partial charge < -0.3 is 20.4 Å². The van der Waals surface area contributed by atoms with Crippen LogP contribution in [-0.4, -0.2) is 59.1 Å². The van der Waals surface area contributed by atoms with Crippen molar-refractivity contribution in [2.24, 2.45) is 5.73 Å². The van der Waals surface area contributed by atoms with Crippen molar-refractivity contribution in [1.82, 2.24) is 14.8 Å². The molecular weight excluding hydrogens is 420 g/mol. The molecule has 0 spiro atoms. The van der Waals surface area contributed by atoms with Gasteiger partial charge >= 0.3 is 0 Å². The topological polar surface area (TPSA) is 72.4 Å². The van der Waals surface area contributed by atoms with Crippen LogP contribution in [0.4, 0.5) is 5.69 Å². The minimum Gasteiger partial charge on any atom is -0.372 e. The van der Waals surface area contributed by atoms with Gasteiger partial charge in [0.25, 0.3) is 0 Å². The lowest BCUT2D eigenvalue weighted by Crippen LogP contribution is -2.49. The molecule has 0 unspecified atom stereocenters. The highest BCUT2D eigenvalue weighted by Gasteiger charge is 2.37. The molecular formula is C28H32N6. The highest BCUT2D eigenvalue weighted by Crippen LogP contribution is 2.41. The van der Waals surface area contributed by atoms with Gasteiger partial charge in [-0.2, -0.15) is 5.26 Å². The smallest absolute Gasteiger partial charge is 0.101 e. The first-order chi connectivity index (χ1) is 16.4. The zero-order valence-electron chi connectivity index (χ0n) is 20.1. The predicted octanol–water partition coefficient (Wildman–Crippen LogP) is 3.91. The van der Waals surface area contributed by atoms with Gasteiger partial charge in [0.15, 0.2) is 0 Å². The molecule has 2 saturated heterocycles. The molecule has 4 aliphatic rings. The number of nitriles is 1. The number of piperidine rings is 1. The quantitative estimate of drug-likeness (QED) is 0.745. The van der Waals surface area contributed by atoms with Gasteiger partial charge in [-0.25, -0.2) is 0 Å². The SMILES string of the molecule is C[C@@H]1CN(c2ccc(C#N)c3ncccc23)CC2=C3CC=C(N4CCC(C)(N)CC4)C=C3CN21. The minimum absolute atomic E-state index is 0.0238. The second-order valence-electron chi connectivity index (χ2n) is 10.6. The second kappa shape index (κ2) is 7.89. The summed E-state index contributed by atoms with van der Waals surface area (Å²) < 4.78 is 0. The van der Waals surface area contributed by atoms with Gasteiger partial charge in [-0.1, -0.05) is 6.08 Å². The highest BCUT2D eigenvalue weighted by molar-refractivity contribution is 5.95. The van der Waals surface area contributed by atoms with Gasteiger partial charge in [-0.15, -0.1) is 0 Å². The number of nitrogens with two attached hydrogens (primary N) is 1. The Bertz CT molecular complexity index is 1280. The maximum atomic E-state index is 9.53. The number of rotatable bonds is 2. The monoisotopic (exact) mass is 452 g/mol. The third-order valence-corrected chi connectivity index (χ3v) is 8.10. The van der Waals surface area contributed by atoms with Crippen LogP contribution in [-0.2, 0) is 0 Å². The number of allylic oxidation sites excluding steroid dienone is 2. The molecule has 0 saturated carbocycles. The highest BCUT2D eigenvalue weighted by atomic mass is 15.3. The number of likely N-dealkylation sites (tertiary alicyclic amines) is 1. The van der Waals surface area contributed by atoms with E-state index in [1.54, 1.807) is 6.20 Å². The Balaban J connectivity index is 1.30. The van der Waals surface area contributed by atoms with Crippen LogP contribution in [0.1, 0.15) is 38.7 Å². The Labute approximate surface area is 201 Å². The number of benzene rings is 1. The number of hydrogen-bond donors (Lipinski definition) is 1. The minimum atomic E-state index is -0.0238. The van der Waals surface area contributed by atoms with Gasteiger partial charge in [0, 0.05) is 66.4 Å². The van der Waals surface area contributed by atoms with E-state index in [4.69, 9.17) is 5.73 Å². The van der Waals surface area contributed by atoms with Crippen molar-refractivity contribution in [2.45, 2.75) is 44.7 Å². The van der Waals surface area contributed by atoms with Crippen LogP contribution in [0.25, 0.3) is 10.9 Å². The molecule has 1 aliphatic carbocycles. The second-order valence-corrected chi connectivity index (χ2v) is 10.6. The summed E-state index contributed by atoms with van der Waals surface area (Å²) in [6.07, 6.45) is 9.72. The number of pyridine rings is 1. The van der Waals surface area contributed by atoms with E-state index in [-0.39, 0.29) is 5.54 Å². The van der Waals surface area contributed by atoms with E-state index in [2.05, 4.69) is 63.9 Å². The zero-order valence-corrected chi connectivity index (χ0v) is 20.1. The van der Waals surface area contributed by atoms with Crippen LogP contribution in [0.3, 0.4) is 0 Å². The van der Waals surface area contributed by atoms with E-state index < -0.39 is 0 Å². The Kier molecular flexibility index (Phi) is 4.93. The van der Waals surface area contributed by atoms with Crippen LogP contribution in [0.5, 0.6) is 0 Å². The standard InChI is InChI=1S/C28H32N6/c1-19-16-33(25-8-5-20(15-29)27-24(25)4-3-11-31-27)18-26-23-7-6-22(14-21(23)17-34(19)26)32-12-9-28(2,30)10-13-32/h3-6,8,11,14,19H,7,9-10,12-13,16-18,30H2,1-2H3/t19-/m1/s1. The number of aromatic nitrogens is 1. The number of piperazine rings is 1. The molecule has 2 fully saturated rings. The van der Waals surface area contributed by atoms with Gasteiger partial charge in [0.2, 0.25) is 0 Å². The van der Waals surface area contributed by atoms with Crippen LogP contribution >= 0.6 is 0 Å². The largest absolute Gasteiger partial charge is 0.372 e. The number of nitrogens with zero attached hydrogens (tertiary/aromatic N) is 5. The maximum absolute atomic E-state index is 9.53. The fraction of sp³-hybridized carbons (Fsp3) is 0.429. The van der Waals surface area contributed by atoms with Crippen molar-refractivity contribution in [3.8, 4) is 6.07 Å². The summed E-state index contributed by atoms with van der Waals surface area (Å²) in [5.41, 5.74) is 14.7. The lowest BCUT2D eigenvalue weighted by Gasteiger charge is -2.42. The fourth-order valence-corrected chi connectivity index (χ4v) is 6.03. The third-order valence-electron chi connectivity index (χ3n) is 8.10. The Morgan fingerprint density at radius 2 is 1.97 bits per heavy atom. The van der Waals surface area contributed by atoms with Crippen LogP contribution in [0.15, 0.2) is 65.2 Å². The Morgan fingerprint density at radius 3 is 2.76 bits per heavy atom. The van der Waals surface area contributed by atoms with E-state index in [1.807, 2.05) is 12.1 Å². The predicted molar refractivity (Wildman–Crippen MR) is 136 cm³/mol. The van der Waals surface area contributed by atoms with Crippen LogP contribution < -0.4 is 10.6 Å². The summed E-state index contributed by atoms with van der Waals surface area (Å²) in [5, 5.41) is 10.6. The molecule has 6 heteroatoms. The summed E-state index contributed by atoms with van der Waals surface area (Å²) in [5.74, 6) is 0. The van der Waals surface area contributed by atoms with Crippen molar-refractivity contribution >= 4 is 16.6 Å². The summed E-state index contributed by atoms with van der Waals surface area (Å²) in [6.45, 7) is 9.46. The van der Waals surface area contributed by atoms with Crippen molar-refractivity contribution in [1.29, 1.82) is 5.26 Å². The summed E-state index contributed by atoms with van der Waals surface area (Å²) in [7, 11) is 0. The molecule has 0 bridgehead atoms. The maximum Gasteiger partial charge on any atom is 0.101 e. The van der Waals surface area contributed by atoms with Crippen molar-refractivity contribution < 1.29 is 0 Å². The first-order valence-electron chi connectivity index (χ1n) is 12.4. The summed E-state index contributed by atoms with van der Waals surface area (Å²) in [4.78, 5) is 12.1. The lowest BCUT2D eigenvalue weighted by molar-refractivity contribution is 0.213. The average molecular weight is 453 g/mol. The van der Waals surface area contributed by atoms with Crippen molar-refractivity contribution in [3.05, 3.63) is 70.7 Å². The lowest BCUT2D eigenvalue weighted by atomic mass is 9.89. The molecule has 1 aromatic carbocycles. The molecule has 6 nitrogen and oxygen atoms in total. The number of fused-ring (bicyclic) bond motifs is 3. The van der Waals surface area contributed by atoms with Gasteiger partial charge in [-0.05, 0) is 74.6 Å². The molecule has 3 aliphatic heterocycles. The van der Waals surface area contributed by atoms with Crippen LogP contribution in [0, 0.1) is 11.3 Å². The van der Waals surface area contributed by atoms with E-state index in [9.17, 15) is 5.26 Å². The van der Waals surface area contributed by atoms with E-state index in [0.717, 1.165) is 62.9 Å². The Hall–Kier alpha value is -3.30. The first-order valence-corrected chi connectivity index (χ1v) is 12.4. The number of anilines is 1. The number of hydrogen-bond acceptors (Lipinski definition) is 6. The molecule has 0 amide bonds. The molecule has 0 radical (unpaired) electrons. The van der Waals surface area contributed by atoms with Crippen molar-refractivity contribution in [2.75, 3.05) is 37.6 Å². The van der Waals surface area contributed by atoms with E-state index in [1.165, 1.54) is 28.2 Å². The van der Waals surface area contributed by atoms with Gasteiger partial charge in [0.1, 0.15) is 6.07 Å². The first kappa shape index (κ1) is 21.2. The van der Waals surface area contributed by atoms with Gasteiger partial charge in [0.05, 0.1) is 17.6 Å². The molecule has 2 N–H and O–H groups in total. The molecule has 174 valence electrons. The van der Waals surface area contributed by atoms with Gasteiger partial charge in [-0.3, -0.25) is 4.98 Å². The third kappa shape index (κ3) is 3.47. The van der Waals surface area contributed by atoms with E-state index in [0.29, 0.717) is 11.6 Å². The molecule has 2 aromatic rings.